The first-order valence-corrected chi connectivity index (χ1v) is 10.8. The second-order valence-corrected chi connectivity index (χ2v) is 8.46. The normalized spacial score (nSPS) is 24.5. The number of amides is 2. The number of likely N-dealkylation sites (tertiary alicyclic amines) is 1. The molecule has 0 aromatic heterocycles. The fourth-order valence-corrected chi connectivity index (χ4v) is 4.31. The van der Waals surface area contributed by atoms with Crippen molar-refractivity contribution in [1.29, 1.82) is 0 Å². The van der Waals surface area contributed by atoms with Crippen LogP contribution in [0, 0.1) is 17.7 Å². The lowest BCUT2D eigenvalue weighted by Gasteiger charge is -2.33. The van der Waals surface area contributed by atoms with Gasteiger partial charge in [-0.3, -0.25) is 20.4 Å². The first-order chi connectivity index (χ1) is 13.9. The molecule has 3 rings (SSSR count). The van der Waals surface area contributed by atoms with Crippen LogP contribution in [0.2, 0.25) is 0 Å². The van der Waals surface area contributed by atoms with Crippen molar-refractivity contribution >= 4 is 29.1 Å². The molecule has 2 amide bonds. The van der Waals surface area contributed by atoms with Crippen molar-refractivity contribution in [2.24, 2.45) is 11.8 Å². The van der Waals surface area contributed by atoms with Crippen LogP contribution < -0.4 is 16.2 Å². The molecule has 6 nitrogen and oxygen atoms in total. The van der Waals surface area contributed by atoms with E-state index in [0.29, 0.717) is 42.1 Å². The third-order valence-electron chi connectivity index (χ3n) is 5.90. The van der Waals surface area contributed by atoms with Gasteiger partial charge in [-0.15, -0.1) is 0 Å². The molecule has 29 heavy (non-hydrogen) atoms. The molecule has 1 aliphatic carbocycles. The van der Waals surface area contributed by atoms with E-state index >= 15 is 0 Å². The summed E-state index contributed by atoms with van der Waals surface area (Å²) in [5.41, 5.74) is 5.92. The summed E-state index contributed by atoms with van der Waals surface area (Å²) in [5, 5.41) is 3.71. The van der Waals surface area contributed by atoms with Crippen LogP contribution in [0.1, 0.15) is 55.8 Å². The Morgan fingerprint density at radius 3 is 2.52 bits per heavy atom. The predicted molar refractivity (Wildman–Crippen MR) is 113 cm³/mol. The summed E-state index contributed by atoms with van der Waals surface area (Å²) >= 11 is 5.31. The van der Waals surface area contributed by atoms with E-state index in [9.17, 15) is 14.0 Å². The van der Waals surface area contributed by atoms with Gasteiger partial charge in [0.05, 0.1) is 5.92 Å². The lowest BCUT2D eigenvalue weighted by atomic mass is 9.86. The van der Waals surface area contributed by atoms with E-state index in [-0.39, 0.29) is 23.5 Å². The van der Waals surface area contributed by atoms with Crippen LogP contribution in [-0.2, 0) is 4.79 Å². The highest BCUT2D eigenvalue weighted by molar-refractivity contribution is 7.80. The van der Waals surface area contributed by atoms with Crippen molar-refractivity contribution in [2.75, 3.05) is 13.1 Å². The van der Waals surface area contributed by atoms with Crippen LogP contribution in [0.15, 0.2) is 24.3 Å². The molecular weight excluding hydrogens is 391 g/mol. The number of rotatable bonds is 3. The summed E-state index contributed by atoms with van der Waals surface area (Å²) < 4.78 is 13.1. The Kier molecular flexibility index (Phi) is 7.41. The second kappa shape index (κ2) is 10.0. The molecule has 1 saturated heterocycles. The molecule has 158 valence electrons. The molecule has 3 unspecified atom stereocenters. The number of thiocarbonyl (C=S) groups is 1. The minimum atomic E-state index is -0.379. The number of nitrogens with zero attached hydrogens (tertiary/aromatic N) is 1. The molecular formula is C21H29FN4O2S. The summed E-state index contributed by atoms with van der Waals surface area (Å²) in [7, 11) is 0. The molecule has 2 fully saturated rings. The van der Waals surface area contributed by atoms with Gasteiger partial charge in [-0.05, 0) is 68.1 Å². The minimum absolute atomic E-state index is 0.178. The van der Waals surface area contributed by atoms with Crippen molar-refractivity contribution in [1.82, 2.24) is 21.1 Å². The highest BCUT2D eigenvalue weighted by Crippen LogP contribution is 2.23. The zero-order valence-electron chi connectivity index (χ0n) is 16.7. The van der Waals surface area contributed by atoms with E-state index in [0.717, 1.165) is 12.8 Å². The number of benzene rings is 1. The molecule has 0 bridgehead atoms. The monoisotopic (exact) mass is 420 g/mol. The van der Waals surface area contributed by atoms with Gasteiger partial charge in [-0.1, -0.05) is 19.8 Å². The molecule has 1 saturated carbocycles. The molecule has 3 N–H and O–H groups in total. The van der Waals surface area contributed by atoms with Gasteiger partial charge in [-0.25, -0.2) is 4.39 Å². The van der Waals surface area contributed by atoms with Crippen molar-refractivity contribution in [3.63, 3.8) is 0 Å². The van der Waals surface area contributed by atoms with Crippen LogP contribution in [-0.4, -0.2) is 41.0 Å². The van der Waals surface area contributed by atoms with E-state index in [1.54, 1.807) is 4.90 Å². The average Bonchev–Trinajstić information content (AvgIpc) is 2.74. The number of nitrogens with one attached hydrogen (secondary N) is 3. The Labute approximate surface area is 176 Å². The van der Waals surface area contributed by atoms with Gasteiger partial charge in [0.15, 0.2) is 5.11 Å². The number of halogens is 1. The first-order valence-electron chi connectivity index (χ1n) is 10.3. The Morgan fingerprint density at radius 1 is 1.07 bits per heavy atom. The molecule has 1 aromatic carbocycles. The highest BCUT2D eigenvalue weighted by Gasteiger charge is 2.29. The van der Waals surface area contributed by atoms with Gasteiger partial charge < -0.3 is 10.2 Å². The number of carbonyl (C=O) groups excluding carboxylic acids is 2. The Morgan fingerprint density at radius 2 is 1.79 bits per heavy atom. The SMILES string of the molecule is CC1CCCCC1NC(=S)NNC(=O)C1CCCN(C(=O)c2ccc(F)cc2)C1. The summed E-state index contributed by atoms with van der Waals surface area (Å²) in [6, 6.07) is 5.82. The molecule has 1 heterocycles. The van der Waals surface area contributed by atoms with Crippen molar-refractivity contribution < 1.29 is 14.0 Å². The molecule has 2 aliphatic rings. The van der Waals surface area contributed by atoms with E-state index in [2.05, 4.69) is 23.1 Å². The second-order valence-electron chi connectivity index (χ2n) is 8.05. The Balaban J connectivity index is 1.47. The maximum absolute atomic E-state index is 13.1. The molecule has 3 atom stereocenters. The number of hydrogen-bond donors (Lipinski definition) is 3. The predicted octanol–water partition coefficient (Wildman–Crippen LogP) is 2.75. The van der Waals surface area contributed by atoms with Gasteiger partial charge in [0.25, 0.3) is 5.91 Å². The topological polar surface area (TPSA) is 73.5 Å². The van der Waals surface area contributed by atoms with Gasteiger partial charge >= 0.3 is 0 Å². The fourth-order valence-electron chi connectivity index (χ4n) is 4.11. The number of carbonyl (C=O) groups is 2. The van der Waals surface area contributed by atoms with Crippen LogP contribution in [0.25, 0.3) is 0 Å². The standard InChI is InChI=1S/C21H29FN4O2S/c1-14-5-2-3-7-18(14)23-21(29)25-24-19(27)16-6-4-12-26(13-16)20(28)15-8-10-17(22)11-9-15/h8-11,14,16,18H,2-7,12-13H2,1H3,(H,24,27)(H2,23,25,29). The molecule has 1 aromatic rings. The Hall–Kier alpha value is -2.22. The van der Waals surface area contributed by atoms with Crippen LogP contribution in [0.3, 0.4) is 0 Å². The van der Waals surface area contributed by atoms with Crippen molar-refractivity contribution in [3.8, 4) is 0 Å². The van der Waals surface area contributed by atoms with Gasteiger partial charge in [0, 0.05) is 24.7 Å². The minimum Gasteiger partial charge on any atom is -0.358 e. The maximum Gasteiger partial charge on any atom is 0.253 e. The van der Waals surface area contributed by atoms with Crippen LogP contribution in [0.5, 0.6) is 0 Å². The molecule has 1 aliphatic heterocycles. The third-order valence-corrected chi connectivity index (χ3v) is 6.12. The van der Waals surface area contributed by atoms with E-state index in [1.807, 2.05) is 0 Å². The van der Waals surface area contributed by atoms with E-state index in [1.165, 1.54) is 43.5 Å². The summed E-state index contributed by atoms with van der Waals surface area (Å²) in [5.74, 6) is -0.488. The van der Waals surface area contributed by atoms with Crippen LogP contribution >= 0.6 is 12.2 Å². The first kappa shape index (κ1) is 21.5. The van der Waals surface area contributed by atoms with Crippen molar-refractivity contribution in [2.45, 2.75) is 51.5 Å². The third kappa shape index (κ3) is 5.88. The van der Waals surface area contributed by atoms with Crippen molar-refractivity contribution in [3.05, 3.63) is 35.6 Å². The highest BCUT2D eigenvalue weighted by atomic mass is 32.1. The molecule has 0 radical (unpaired) electrons. The van der Waals surface area contributed by atoms with E-state index < -0.39 is 0 Å². The van der Waals surface area contributed by atoms with Gasteiger partial charge in [0.1, 0.15) is 5.82 Å². The number of hydrazine groups is 1. The summed E-state index contributed by atoms with van der Waals surface area (Å²) in [6.07, 6.45) is 6.17. The zero-order chi connectivity index (χ0) is 20.8. The Bertz CT molecular complexity index is 743. The largest absolute Gasteiger partial charge is 0.358 e. The maximum atomic E-state index is 13.1. The molecule has 0 spiro atoms. The quantitative estimate of drug-likeness (QED) is 0.518. The summed E-state index contributed by atoms with van der Waals surface area (Å²) in [6.45, 7) is 3.14. The zero-order valence-corrected chi connectivity index (χ0v) is 17.6. The molecule has 8 heteroatoms. The number of hydrogen-bond acceptors (Lipinski definition) is 3. The van der Waals surface area contributed by atoms with Crippen LogP contribution in [0.4, 0.5) is 4.39 Å². The lowest BCUT2D eigenvalue weighted by molar-refractivity contribution is -0.126. The summed E-state index contributed by atoms with van der Waals surface area (Å²) in [4.78, 5) is 26.8. The average molecular weight is 421 g/mol. The smallest absolute Gasteiger partial charge is 0.253 e. The number of piperidine rings is 1. The fraction of sp³-hybridized carbons (Fsp3) is 0.571. The van der Waals surface area contributed by atoms with E-state index in [4.69, 9.17) is 12.2 Å². The van der Waals surface area contributed by atoms with Gasteiger partial charge in [0.2, 0.25) is 5.91 Å². The lowest BCUT2D eigenvalue weighted by Crippen LogP contribution is -2.54. The van der Waals surface area contributed by atoms with Gasteiger partial charge in [-0.2, -0.15) is 0 Å².